The van der Waals surface area contributed by atoms with Crippen molar-refractivity contribution in [3.05, 3.63) is 24.3 Å². The van der Waals surface area contributed by atoms with Crippen LogP contribution in [-0.2, 0) is 9.59 Å². The van der Waals surface area contributed by atoms with E-state index in [9.17, 15) is 14.7 Å². The third-order valence-electron chi connectivity index (χ3n) is 2.70. The molecule has 2 rings (SSSR count). The van der Waals surface area contributed by atoms with Crippen molar-refractivity contribution < 1.29 is 14.7 Å². The zero-order chi connectivity index (χ0) is 15.4. The molecule has 0 saturated carbocycles. The zero-order valence-electron chi connectivity index (χ0n) is 12.8. The van der Waals surface area contributed by atoms with Crippen molar-refractivity contribution in [1.29, 1.82) is 0 Å². The molecule has 0 bridgehead atoms. The molecule has 1 atom stereocenters. The predicted octanol–water partition coefficient (Wildman–Crippen LogP) is 1.06. The number of carbonyl (C=O) groups excluding carboxylic acids is 2. The van der Waals surface area contributed by atoms with Crippen molar-refractivity contribution in [2.24, 2.45) is 0 Å². The molecule has 1 amide bonds. The number of nitrogens with one attached hydrogen (secondary N) is 2. The average Bonchev–Trinajstić information content (AvgIpc) is 2.79. The van der Waals surface area contributed by atoms with Crippen LogP contribution >= 0.6 is 11.8 Å². The van der Waals surface area contributed by atoms with E-state index >= 15 is 0 Å². The highest BCUT2D eigenvalue weighted by Crippen LogP contribution is 2.25. The molecule has 0 aliphatic carbocycles. The van der Waals surface area contributed by atoms with E-state index in [1.807, 2.05) is 38.1 Å². The number of aliphatic carboxylic acids is 1. The van der Waals surface area contributed by atoms with Gasteiger partial charge in [-0.1, -0.05) is 23.9 Å². The monoisotopic (exact) mass is 324 g/mol. The Morgan fingerprint density at radius 2 is 2.05 bits per heavy atom. The predicted molar refractivity (Wildman–Crippen MR) is 84.6 cm³/mol. The number of quaternary nitrogens is 1. The summed E-state index contributed by atoms with van der Waals surface area (Å²) in [6, 6.07) is 7.36. The maximum absolute atomic E-state index is 11.7. The van der Waals surface area contributed by atoms with Gasteiger partial charge in [0.25, 0.3) is 0 Å². The van der Waals surface area contributed by atoms with Gasteiger partial charge in [-0.15, -0.1) is 0 Å². The lowest BCUT2D eigenvalue weighted by Crippen LogP contribution is -2.39. The Bertz CT molecular complexity index is 623. The zero-order valence-corrected chi connectivity index (χ0v) is 13.6. The van der Waals surface area contributed by atoms with Gasteiger partial charge >= 0.3 is 0 Å². The van der Waals surface area contributed by atoms with Crippen molar-refractivity contribution >= 4 is 34.7 Å². The number of H-pyrrole nitrogens is 1. The Labute approximate surface area is 132 Å². The van der Waals surface area contributed by atoms with Crippen LogP contribution in [0.25, 0.3) is 11.0 Å². The minimum absolute atomic E-state index is 0. The Morgan fingerprint density at radius 1 is 1.36 bits per heavy atom. The molecule has 8 heteroatoms. The molecular weight excluding hydrogens is 304 g/mol. The van der Waals surface area contributed by atoms with E-state index in [1.165, 1.54) is 0 Å². The molecule has 6 N–H and O–H groups in total. The van der Waals surface area contributed by atoms with E-state index in [2.05, 4.69) is 15.3 Å². The number of aromatic amines is 1. The fraction of sp³-hybridized carbons (Fsp3) is 0.357. The highest BCUT2D eigenvalue weighted by molar-refractivity contribution is 8.00. The molecule has 22 heavy (non-hydrogen) atoms. The number of benzene rings is 1. The van der Waals surface area contributed by atoms with Gasteiger partial charge in [-0.05, 0) is 26.0 Å². The summed E-state index contributed by atoms with van der Waals surface area (Å²) >= 11 is 0.988. The number of carbonyl (C=O) groups is 2. The number of hydrogen-bond donors (Lipinski definition) is 3. The second-order valence-corrected chi connectivity index (χ2v) is 6.10. The number of amides is 1. The number of hydrogen-bond acceptors (Lipinski definition) is 5. The second-order valence-electron chi connectivity index (χ2n) is 4.91. The SMILES string of the molecule is CC(C)NC(=O)CC(Sc1nc2ccccc2[nH]1)C(=O)[O-].[NH4+]. The van der Waals surface area contributed by atoms with Crippen LogP contribution in [-0.4, -0.2) is 33.1 Å². The van der Waals surface area contributed by atoms with Crippen molar-refractivity contribution in [3.8, 4) is 0 Å². The molecule has 2 aromatic rings. The van der Waals surface area contributed by atoms with Gasteiger partial charge in [-0.3, -0.25) is 4.79 Å². The van der Waals surface area contributed by atoms with Gasteiger partial charge < -0.3 is 26.4 Å². The molecule has 7 nitrogen and oxygen atoms in total. The van der Waals surface area contributed by atoms with Crippen LogP contribution in [0.5, 0.6) is 0 Å². The first-order chi connectivity index (χ1) is 9.95. The lowest BCUT2D eigenvalue weighted by molar-refractivity contribution is -0.304. The first-order valence-electron chi connectivity index (χ1n) is 6.57. The molecule has 1 unspecified atom stereocenters. The largest absolute Gasteiger partial charge is 0.549 e. The molecule has 0 radical (unpaired) electrons. The molecule has 0 aliphatic rings. The van der Waals surface area contributed by atoms with E-state index in [-0.39, 0.29) is 24.5 Å². The molecule has 0 saturated heterocycles. The van der Waals surface area contributed by atoms with Gasteiger partial charge in [0.05, 0.1) is 22.3 Å². The highest BCUT2D eigenvalue weighted by Gasteiger charge is 2.19. The van der Waals surface area contributed by atoms with E-state index in [0.29, 0.717) is 5.16 Å². The van der Waals surface area contributed by atoms with E-state index in [4.69, 9.17) is 0 Å². The highest BCUT2D eigenvalue weighted by atomic mass is 32.2. The number of carboxylic acids is 1. The topological polar surface area (TPSA) is 134 Å². The number of para-hydroxylation sites is 2. The molecule has 120 valence electrons. The molecule has 0 aliphatic heterocycles. The van der Waals surface area contributed by atoms with Gasteiger partial charge in [0.2, 0.25) is 5.91 Å². The number of rotatable bonds is 6. The number of thioether (sulfide) groups is 1. The summed E-state index contributed by atoms with van der Waals surface area (Å²) in [6.45, 7) is 3.64. The van der Waals surface area contributed by atoms with Crippen molar-refractivity contribution in [1.82, 2.24) is 21.4 Å². The third-order valence-corrected chi connectivity index (χ3v) is 3.77. The Morgan fingerprint density at radius 3 is 2.64 bits per heavy atom. The number of carboxylic acid groups (broad SMARTS) is 1. The van der Waals surface area contributed by atoms with Crippen LogP contribution in [0.1, 0.15) is 20.3 Å². The number of nitrogens with zero attached hydrogens (tertiary/aromatic N) is 1. The molecule has 0 spiro atoms. The standard InChI is InChI=1S/C14H17N3O3S.H3N/c1-8(2)15-12(18)7-11(13(19)20)21-14-16-9-5-3-4-6-10(9)17-14;/h3-6,8,11H,7H2,1-2H3,(H,15,18)(H,16,17)(H,19,20);1H3. The van der Waals surface area contributed by atoms with E-state index in [1.54, 1.807) is 0 Å². The van der Waals surface area contributed by atoms with Crippen molar-refractivity contribution in [2.75, 3.05) is 0 Å². The Balaban J connectivity index is 0.00000242. The molecule has 1 aromatic carbocycles. The molecule has 1 aromatic heterocycles. The van der Waals surface area contributed by atoms with Gasteiger partial charge in [0, 0.05) is 12.5 Å². The molecular formula is C14H20N4O3S. The smallest absolute Gasteiger partial charge is 0.221 e. The van der Waals surface area contributed by atoms with Crippen LogP contribution in [0.3, 0.4) is 0 Å². The van der Waals surface area contributed by atoms with Crippen molar-refractivity contribution in [2.45, 2.75) is 36.7 Å². The summed E-state index contributed by atoms with van der Waals surface area (Å²) in [5.74, 6) is -1.60. The maximum atomic E-state index is 11.7. The summed E-state index contributed by atoms with van der Waals surface area (Å²) in [6.07, 6.45) is -0.151. The second kappa shape index (κ2) is 7.81. The summed E-state index contributed by atoms with van der Waals surface area (Å²) in [5, 5.41) is 13.3. The average molecular weight is 324 g/mol. The Kier molecular flexibility index (Phi) is 6.39. The van der Waals surface area contributed by atoms with Crippen LogP contribution in [0.4, 0.5) is 0 Å². The van der Waals surface area contributed by atoms with Crippen LogP contribution in [0.15, 0.2) is 29.4 Å². The third kappa shape index (κ3) is 4.74. The van der Waals surface area contributed by atoms with Crippen LogP contribution < -0.4 is 16.6 Å². The first-order valence-corrected chi connectivity index (χ1v) is 7.45. The summed E-state index contributed by atoms with van der Waals surface area (Å²) in [5.41, 5.74) is 1.58. The quantitative estimate of drug-likeness (QED) is 0.683. The molecule has 0 fully saturated rings. The fourth-order valence-electron chi connectivity index (χ4n) is 1.84. The number of aromatic nitrogens is 2. The summed E-state index contributed by atoms with van der Waals surface area (Å²) < 4.78 is 0. The first kappa shape index (κ1) is 18.0. The Hall–Kier alpha value is -2.06. The summed E-state index contributed by atoms with van der Waals surface area (Å²) in [7, 11) is 0. The van der Waals surface area contributed by atoms with Crippen LogP contribution in [0, 0.1) is 0 Å². The normalized spacial score (nSPS) is 12.0. The lowest BCUT2D eigenvalue weighted by atomic mass is 10.2. The van der Waals surface area contributed by atoms with Gasteiger partial charge in [-0.25, -0.2) is 4.98 Å². The number of imidazole rings is 1. The van der Waals surface area contributed by atoms with E-state index < -0.39 is 11.2 Å². The van der Waals surface area contributed by atoms with Gasteiger partial charge in [0.15, 0.2) is 5.16 Å². The van der Waals surface area contributed by atoms with Crippen LogP contribution in [0.2, 0.25) is 0 Å². The van der Waals surface area contributed by atoms with Gasteiger partial charge in [0.1, 0.15) is 0 Å². The lowest BCUT2D eigenvalue weighted by Gasteiger charge is -2.16. The van der Waals surface area contributed by atoms with Crippen molar-refractivity contribution in [3.63, 3.8) is 0 Å². The number of fused-ring (bicyclic) bond motifs is 1. The van der Waals surface area contributed by atoms with E-state index in [0.717, 1.165) is 22.8 Å². The summed E-state index contributed by atoms with van der Waals surface area (Å²) in [4.78, 5) is 30.2. The molecule has 1 heterocycles. The minimum Gasteiger partial charge on any atom is -0.549 e. The maximum Gasteiger partial charge on any atom is 0.221 e. The van der Waals surface area contributed by atoms with Gasteiger partial charge in [-0.2, -0.15) is 0 Å². The fourth-order valence-corrected chi connectivity index (χ4v) is 2.76. The minimum atomic E-state index is -1.28.